The van der Waals surface area contributed by atoms with Crippen LogP contribution in [0.5, 0.6) is 0 Å². The van der Waals surface area contributed by atoms with Gasteiger partial charge in [-0.1, -0.05) is 30.3 Å². The number of piperazine rings is 1. The molecule has 3 rings (SSSR count). The zero-order chi connectivity index (χ0) is 20.5. The van der Waals surface area contributed by atoms with Crippen LogP contribution in [0, 0.1) is 0 Å². The monoisotopic (exact) mass is 411 g/mol. The summed E-state index contributed by atoms with van der Waals surface area (Å²) in [6.45, 7) is 4.02. The molecule has 1 amide bonds. The zero-order valence-corrected chi connectivity index (χ0v) is 16.7. The quantitative estimate of drug-likeness (QED) is 0.721. The van der Waals surface area contributed by atoms with Crippen LogP contribution in [0.1, 0.15) is 31.7 Å². The summed E-state index contributed by atoms with van der Waals surface area (Å²) >= 11 is 0. The highest BCUT2D eigenvalue weighted by atomic mass is 32.2. The number of amides is 1. The lowest BCUT2D eigenvalue weighted by atomic mass is 10.1. The summed E-state index contributed by atoms with van der Waals surface area (Å²) in [4.78, 5) is 25.2. The van der Waals surface area contributed by atoms with Gasteiger partial charge in [0.05, 0.1) is 6.10 Å². The van der Waals surface area contributed by atoms with Crippen molar-refractivity contribution in [2.75, 3.05) is 26.2 Å². The molecule has 1 aromatic rings. The molecule has 1 aliphatic carbocycles. The Morgan fingerprint density at radius 1 is 1.18 bits per heavy atom. The summed E-state index contributed by atoms with van der Waals surface area (Å²) in [7, 11) is -4.01. The summed E-state index contributed by atoms with van der Waals surface area (Å²) in [6.07, 6.45) is -0.531. The summed E-state index contributed by atoms with van der Waals surface area (Å²) < 4.78 is 34.3. The molecule has 0 spiro atoms. The van der Waals surface area contributed by atoms with Crippen LogP contribution in [0.4, 0.5) is 4.79 Å². The first-order valence-electron chi connectivity index (χ1n) is 9.18. The molecule has 1 aliphatic heterocycles. The Morgan fingerprint density at radius 3 is 2.32 bits per heavy atom. The number of hydrogen-bond donors (Lipinski definition) is 2. The van der Waals surface area contributed by atoms with Gasteiger partial charge in [0.25, 0.3) is 10.2 Å². The number of nitrogens with one attached hydrogen (secondary N) is 1. The Hall–Kier alpha value is -2.17. The molecule has 154 valence electrons. The average molecular weight is 411 g/mol. The van der Waals surface area contributed by atoms with Crippen molar-refractivity contribution in [1.29, 1.82) is 0 Å². The molecule has 1 saturated carbocycles. The fourth-order valence-corrected chi connectivity index (χ4v) is 4.97. The number of carbonyl (C=O) groups excluding carboxylic acids is 1. The number of benzene rings is 1. The number of carboxylic acids is 1. The molecule has 1 aromatic carbocycles. The van der Waals surface area contributed by atoms with E-state index >= 15 is 0 Å². The van der Waals surface area contributed by atoms with Gasteiger partial charge >= 0.3 is 12.1 Å². The molecule has 10 heteroatoms. The van der Waals surface area contributed by atoms with Gasteiger partial charge in [-0.25, -0.2) is 4.79 Å². The van der Waals surface area contributed by atoms with E-state index in [2.05, 4.69) is 4.72 Å². The standard InChI is InChI=1S/C18H25N3O6S/c1-13(2)27-17(24)20-8-10-21(11-9-20)28(25,26)19-18(16(22)23)12-15(18)14-6-4-3-5-7-14/h3-7,13,15,19H,8-12H2,1-2H3,(H,22,23). The van der Waals surface area contributed by atoms with Crippen molar-refractivity contribution >= 4 is 22.3 Å². The van der Waals surface area contributed by atoms with Gasteiger partial charge in [0.15, 0.2) is 0 Å². The van der Waals surface area contributed by atoms with Crippen LogP contribution in [-0.4, -0.2) is 72.6 Å². The Labute approximate surface area is 164 Å². The fourth-order valence-electron chi connectivity index (χ4n) is 3.43. The fraction of sp³-hybridized carbons (Fsp3) is 0.556. The molecular weight excluding hydrogens is 386 g/mol. The van der Waals surface area contributed by atoms with E-state index in [1.54, 1.807) is 38.1 Å². The van der Waals surface area contributed by atoms with Gasteiger partial charge < -0.3 is 14.7 Å². The van der Waals surface area contributed by atoms with Gasteiger partial charge in [-0.2, -0.15) is 17.4 Å². The van der Waals surface area contributed by atoms with Gasteiger partial charge in [0.2, 0.25) is 0 Å². The molecule has 0 bridgehead atoms. The van der Waals surface area contributed by atoms with Crippen LogP contribution in [0.3, 0.4) is 0 Å². The predicted molar refractivity (Wildman–Crippen MR) is 101 cm³/mol. The van der Waals surface area contributed by atoms with E-state index in [0.29, 0.717) is 0 Å². The van der Waals surface area contributed by atoms with Crippen molar-refractivity contribution in [3.8, 4) is 0 Å². The third-order valence-corrected chi connectivity index (χ3v) is 6.70. The number of hydrogen-bond acceptors (Lipinski definition) is 5. The first-order valence-corrected chi connectivity index (χ1v) is 10.6. The molecule has 2 fully saturated rings. The van der Waals surface area contributed by atoms with E-state index in [1.165, 1.54) is 9.21 Å². The van der Waals surface area contributed by atoms with E-state index in [9.17, 15) is 23.1 Å². The van der Waals surface area contributed by atoms with Gasteiger partial charge in [0.1, 0.15) is 5.54 Å². The van der Waals surface area contributed by atoms with E-state index < -0.39 is 33.7 Å². The SMILES string of the molecule is CC(C)OC(=O)N1CCN(S(=O)(=O)NC2(C(=O)O)CC2c2ccccc2)CC1. The maximum absolute atomic E-state index is 12.8. The number of carbonyl (C=O) groups is 2. The first-order chi connectivity index (χ1) is 13.2. The number of carboxylic acid groups (broad SMARTS) is 1. The summed E-state index contributed by atoms with van der Waals surface area (Å²) in [6, 6.07) is 9.00. The van der Waals surface area contributed by atoms with Crippen LogP contribution in [0.25, 0.3) is 0 Å². The lowest BCUT2D eigenvalue weighted by Crippen LogP contribution is -2.57. The molecule has 0 aromatic heterocycles. The molecule has 1 saturated heterocycles. The second-order valence-electron chi connectivity index (χ2n) is 7.37. The van der Waals surface area contributed by atoms with Crippen LogP contribution >= 0.6 is 0 Å². The van der Waals surface area contributed by atoms with Crippen molar-refractivity contribution in [2.24, 2.45) is 0 Å². The molecule has 1 heterocycles. The molecule has 28 heavy (non-hydrogen) atoms. The van der Waals surface area contributed by atoms with E-state index in [1.807, 2.05) is 6.07 Å². The lowest BCUT2D eigenvalue weighted by molar-refractivity contribution is -0.140. The lowest BCUT2D eigenvalue weighted by Gasteiger charge is -2.34. The second kappa shape index (κ2) is 7.69. The van der Waals surface area contributed by atoms with Crippen LogP contribution in [0.2, 0.25) is 0 Å². The summed E-state index contributed by atoms with van der Waals surface area (Å²) in [5.74, 6) is -1.60. The van der Waals surface area contributed by atoms with E-state index in [4.69, 9.17) is 4.74 Å². The molecule has 2 N–H and O–H groups in total. The number of aliphatic carboxylic acids is 1. The Balaban J connectivity index is 1.65. The highest BCUT2D eigenvalue weighted by Gasteiger charge is 2.63. The average Bonchev–Trinajstić information content (AvgIpc) is 3.37. The maximum atomic E-state index is 12.8. The minimum absolute atomic E-state index is 0.0776. The third kappa shape index (κ3) is 4.13. The molecule has 2 unspecified atom stereocenters. The second-order valence-corrected chi connectivity index (χ2v) is 9.04. The van der Waals surface area contributed by atoms with Crippen molar-refractivity contribution < 1.29 is 27.9 Å². The molecule has 2 aliphatic rings. The van der Waals surface area contributed by atoms with E-state index in [-0.39, 0.29) is 38.7 Å². The number of ether oxygens (including phenoxy) is 1. The van der Waals surface area contributed by atoms with Crippen LogP contribution < -0.4 is 4.72 Å². The normalized spacial score (nSPS) is 25.5. The van der Waals surface area contributed by atoms with Gasteiger partial charge in [-0.15, -0.1) is 0 Å². The van der Waals surface area contributed by atoms with Gasteiger partial charge in [-0.05, 0) is 25.8 Å². The molecule has 2 atom stereocenters. The maximum Gasteiger partial charge on any atom is 0.410 e. The largest absolute Gasteiger partial charge is 0.480 e. The Kier molecular flexibility index (Phi) is 5.64. The smallest absolute Gasteiger partial charge is 0.410 e. The van der Waals surface area contributed by atoms with E-state index in [0.717, 1.165) is 5.56 Å². The Bertz CT molecular complexity index is 836. The van der Waals surface area contributed by atoms with Crippen LogP contribution in [0.15, 0.2) is 30.3 Å². The van der Waals surface area contributed by atoms with Crippen molar-refractivity contribution in [1.82, 2.24) is 13.9 Å². The summed E-state index contributed by atoms with van der Waals surface area (Å²) in [5, 5.41) is 9.68. The minimum atomic E-state index is -4.01. The summed E-state index contributed by atoms with van der Waals surface area (Å²) in [5.41, 5.74) is -0.748. The minimum Gasteiger partial charge on any atom is -0.480 e. The molecule has 0 radical (unpaired) electrons. The number of nitrogens with zero attached hydrogens (tertiary/aromatic N) is 2. The molecular formula is C18H25N3O6S. The first kappa shape index (κ1) is 20.6. The third-order valence-electron chi connectivity index (χ3n) is 5.03. The predicted octanol–water partition coefficient (Wildman–Crippen LogP) is 0.994. The topological polar surface area (TPSA) is 116 Å². The van der Waals surface area contributed by atoms with Crippen molar-refractivity contribution in [3.63, 3.8) is 0 Å². The van der Waals surface area contributed by atoms with Crippen molar-refractivity contribution in [2.45, 2.75) is 37.8 Å². The number of rotatable bonds is 6. The van der Waals surface area contributed by atoms with Gasteiger partial charge in [-0.3, -0.25) is 4.79 Å². The molecule has 9 nitrogen and oxygen atoms in total. The Morgan fingerprint density at radius 2 is 1.79 bits per heavy atom. The van der Waals surface area contributed by atoms with Gasteiger partial charge in [0, 0.05) is 32.1 Å². The van der Waals surface area contributed by atoms with Crippen molar-refractivity contribution in [3.05, 3.63) is 35.9 Å². The highest BCUT2D eigenvalue weighted by molar-refractivity contribution is 7.87. The zero-order valence-electron chi connectivity index (χ0n) is 15.9. The van der Waals surface area contributed by atoms with Crippen LogP contribution in [-0.2, 0) is 19.7 Å². The highest BCUT2D eigenvalue weighted by Crippen LogP contribution is 2.52.